The van der Waals surface area contributed by atoms with E-state index in [0.717, 1.165) is 25.9 Å². The van der Waals surface area contributed by atoms with Crippen molar-refractivity contribution in [2.45, 2.75) is 52.2 Å². The molecular formula is C13H26N2O2. The zero-order valence-corrected chi connectivity index (χ0v) is 11.5. The fourth-order valence-electron chi connectivity index (χ4n) is 1.74. The van der Waals surface area contributed by atoms with E-state index < -0.39 is 0 Å². The number of hydrogen-bond acceptors (Lipinski definition) is 3. The summed E-state index contributed by atoms with van der Waals surface area (Å²) in [5.41, 5.74) is -0.149. The van der Waals surface area contributed by atoms with E-state index in [1.54, 1.807) is 0 Å². The van der Waals surface area contributed by atoms with E-state index in [-0.39, 0.29) is 17.6 Å². The second-order valence-corrected chi connectivity index (χ2v) is 5.56. The molecule has 4 nitrogen and oxygen atoms in total. The first-order valence-electron chi connectivity index (χ1n) is 6.59. The van der Waals surface area contributed by atoms with Crippen LogP contribution in [0.5, 0.6) is 0 Å². The molecule has 0 aromatic rings. The quantitative estimate of drug-likeness (QED) is 0.738. The van der Waals surface area contributed by atoms with Crippen LogP contribution in [0.1, 0.15) is 40.5 Å². The fraction of sp³-hybridized carbons (Fsp3) is 0.923. The average molecular weight is 242 g/mol. The first-order valence-corrected chi connectivity index (χ1v) is 6.59. The van der Waals surface area contributed by atoms with Gasteiger partial charge in [-0.25, -0.2) is 0 Å². The molecule has 0 radical (unpaired) electrons. The van der Waals surface area contributed by atoms with Gasteiger partial charge in [0, 0.05) is 12.1 Å². The van der Waals surface area contributed by atoms with E-state index in [0.29, 0.717) is 12.5 Å². The Morgan fingerprint density at radius 3 is 2.82 bits per heavy atom. The van der Waals surface area contributed by atoms with Gasteiger partial charge in [-0.15, -0.1) is 0 Å². The molecule has 0 aromatic carbocycles. The Hall–Kier alpha value is -0.610. The topological polar surface area (TPSA) is 50.4 Å². The van der Waals surface area contributed by atoms with Gasteiger partial charge in [-0.3, -0.25) is 4.79 Å². The Morgan fingerprint density at radius 1 is 1.59 bits per heavy atom. The van der Waals surface area contributed by atoms with Crippen molar-refractivity contribution in [3.8, 4) is 0 Å². The number of carbonyl (C=O) groups is 1. The highest BCUT2D eigenvalue weighted by Gasteiger charge is 2.23. The van der Waals surface area contributed by atoms with Crippen LogP contribution in [-0.2, 0) is 9.53 Å². The Bertz CT molecular complexity index is 248. The number of amides is 1. The summed E-state index contributed by atoms with van der Waals surface area (Å²) in [6, 6.07) is 0. The summed E-state index contributed by atoms with van der Waals surface area (Å²) in [6.45, 7) is 10.7. The maximum absolute atomic E-state index is 11.9. The molecule has 1 aliphatic rings. The first-order chi connectivity index (χ1) is 7.94. The normalized spacial score (nSPS) is 22.5. The van der Waals surface area contributed by atoms with Crippen LogP contribution in [0.4, 0.5) is 0 Å². The van der Waals surface area contributed by atoms with Gasteiger partial charge in [0.1, 0.15) is 6.10 Å². The Labute approximate surface area is 104 Å². The molecule has 17 heavy (non-hydrogen) atoms. The fourth-order valence-corrected chi connectivity index (χ4v) is 1.74. The summed E-state index contributed by atoms with van der Waals surface area (Å²) in [6.07, 6.45) is 1.70. The SMILES string of the molecule is CCC(C)(C)NC(=O)C(C)OCC1CCNC1. The molecule has 1 aliphatic heterocycles. The lowest BCUT2D eigenvalue weighted by atomic mass is 10.0. The summed E-state index contributed by atoms with van der Waals surface area (Å²) in [5.74, 6) is 0.548. The van der Waals surface area contributed by atoms with Crippen LogP contribution in [-0.4, -0.2) is 37.2 Å². The van der Waals surface area contributed by atoms with Crippen molar-refractivity contribution in [2.75, 3.05) is 19.7 Å². The van der Waals surface area contributed by atoms with E-state index in [1.165, 1.54) is 0 Å². The number of nitrogens with one attached hydrogen (secondary N) is 2. The third-order valence-corrected chi connectivity index (χ3v) is 3.46. The lowest BCUT2D eigenvalue weighted by Gasteiger charge is -2.26. The standard InChI is InChI=1S/C13H26N2O2/c1-5-13(3,4)15-12(16)10(2)17-9-11-6-7-14-8-11/h10-11,14H,5-9H2,1-4H3,(H,15,16). The van der Waals surface area contributed by atoms with Crippen molar-refractivity contribution < 1.29 is 9.53 Å². The molecule has 100 valence electrons. The lowest BCUT2D eigenvalue weighted by molar-refractivity contribution is -0.134. The largest absolute Gasteiger partial charge is 0.368 e. The van der Waals surface area contributed by atoms with Crippen molar-refractivity contribution in [1.29, 1.82) is 0 Å². The van der Waals surface area contributed by atoms with Crippen LogP contribution in [0.15, 0.2) is 0 Å². The average Bonchev–Trinajstić information content (AvgIpc) is 2.78. The third kappa shape index (κ3) is 5.04. The van der Waals surface area contributed by atoms with Gasteiger partial charge in [-0.05, 0) is 46.1 Å². The molecule has 0 aromatic heterocycles. The third-order valence-electron chi connectivity index (χ3n) is 3.46. The van der Waals surface area contributed by atoms with Crippen molar-refractivity contribution in [1.82, 2.24) is 10.6 Å². The molecular weight excluding hydrogens is 216 g/mol. The summed E-state index contributed by atoms with van der Waals surface area (Å²) >= 11 is 0. The van der Waals surface area contributed by atoms with E-state index in [2.05, 4.69) is 17.6 Å². The molecule has 2 atom stereocenters. The van der Waals surface area contributed by atoms with Crippen molar-refractivity contribution >= 4 is 5.91 Å². The predicted octanol–water partition coefficient (Wildman–Crippen LogP) is 1.31. The second-order valence-electron chi connectivity index (χ2n) is 5.56. The summed E-state index contributed by atoms with van der Waals surface area (Å²) < 4.78 is 5.63. The summed E-state index contributed by atoms with van der Waals surface area (Å²) in [4.78, 5) is 11.9. The van der Waals surface area contributed by atoms with Crippen molar-refractivity contribution in [2.24, 2.45) is 5.92 Å². The van der Waals surface area contributed by atoms with Crippen LogP contribution in [0.25, 0.3) is 0 Å². The first kappa shape index (κ1) is 14.5. The Kier molecular flexibility index (Phi) is 5.40. The minimum Gasteiger partial charge on any atom is -0.368 e. The molecule has 0 aliphatic carbocycles. The highest BCUT2D eigenvalue weighted by atomic mass is 16.5. The van der Waals surface area contributed by atoms with Crippen molar-refractivity contribution in [3.63, 3.8) is 0 Å². The molecule has 1 amide bonds. The molecule has 2 N–H and O–H groups in total. The minimum absolute atomic E-state index is 0.0113. The number of hydrogen-bond donors (Lipinski definition) is 2. The molecule has 4 heteroatoms. The molecule has 1 saturated heterocycles. The van der Waals surface area contributed by atoms with Gasteiger partial charge in [0.05, 0.1) is 6.61 Å². The van der Waals surface area contributed by atoms with Crippen LogP contribution in [0, 0.1) is 5.92 Å². The Morgan fingerprint density at radius 2 is 2.29 bits per heavy atom. The summed E-state index contributed by atoms with van der Waals surface area (Å²) in [5, 5.41) is 6.29. The smallest absolute Gasteiger partial charge is 0.249 e. The van der Waals surface area contributed by atoms with Gasteiger partial charge >= 0.3 is 0 Å². The number of ether oxygens (including phenoxy) is 1. The molecule has 0 saturated carbocycles. The molecule has 1 rings (SSSR count). The van der Waals surface area contributed by atoms with Crippen LogP contribution >= 0.6 is 0 Å². The molecule has 0 spiro atoms. The highest BCUT2D eigenvalue weighted by Crippen LogP contribution is 2.11. The number of carbonyl (C=O) groups excluding carboxylic acids is 1. The van der Waals surface area contributed by atoms with Gasteiger partial charge < -0.3 is 15.4 Å². The molecule has 1 heterocycles. The molecule has 1 fully saturated rings. The molecule has 2 unspecified atom stereocenters. The van der Waals surface area contributed by atoms with Gasteiger partial charge in [0.15, 0.2) is 0 Å². The minimum atomic E-state index is -0.360. The van der Waals surface area contributed by atoms with E-state index in [9.17, 15) is 4.79 Å². The van der Waals surface area contributed by atoms with E-state index in [1.807, 2.05) is 20.8 Å². The van der Waals surface area contributed by atoms with Gasteiger partial charge in [-0.1, -0.05) is 6.92 Å². The maximum atomic E-state index is 11.9. The maximum Gasteiger partial charge on any atom is 0.249 e. The highest BCUT2D eigenvalue weighted by molar-refractivity contribution is 5.81. The summed E-state index contributed by atoms with van der Waals surface area (Å²) in [7, 11) is 0. The second kappa shape index (κ2) is 6.36. The number of rotatable bonds is 6. The van der Waals surface area contributed by atoms with Crippen LogP contribution in [0.2, 0.25) is 0 Å². The van der Waals surface area contributed by atoms with E-state index in [4.69, 9.17) is 4.74 Å². The van der Waals surface area contributed by atoms with E-state index >= 15 is 0 Å². The van der Waals surface area contributed by atoms with Crippen molar-refractivity contribution in [3.05, 3.63) is 0 Å². The van der Waals surface area contributed by atoms with Gasteiger partial charge in [-0.2, -0.15) is 0 Å². The van der Waals surface area contributed by atoms with Crippen LogP contribution < -0.4 is 10.6 Å². The van der Waals surface area contributed by atoms with Gasteiger partial charge in [0.25, 0.3) is 0 Å². The monoisotopic (exact) mass is 242 g/mol. The lowest BCUT2D eigenvalue weighted by Crippen LogP contribution is -2.47. The molecule has 0 bridgehead atoms. The Balaban J connectivity index is 2.26. The van der Waals surface area contributed by atoms with Crippen LogP contribution in [0.3, 0.4) is 0 Å². The van der Waals surface area contributed by atoms with Gasteiger partial charge in [0.2, 0.25) is 5.91 Å². The zero-order chi connectivity index (χ0) is 12.9. The zero-order valence-electron chi connectivity index (χ0n) is 11.5. The predicted molar refractivity (Wildman–Crippen MR) is 68.9 cm³/mol.